The monoisotopic (exact) mass is 182 g/mol. The minimum absolute atomic E-state index is 0.684. The lowest BCUT2D eigenvalue weighted by atomic mass is 10.0. The van der Waals surface area contributed by atoms with Crippen LogP contribution in [0.2, 0.25) is 0 Å². The van der Waals surface area contributed by atoms with Crippen molar-refractivity contribution in [1.29, 1.82) is 0 Å². The first-order valence-electron chi connectivity index (χ1n) is 4.56. The van der Waals surface area contributed by atoms with Crippen LogP contribution in [0, 0.1) is 5.92 Å². The molecule has 0 spiro atoms. The molecule has 0 fully saturated rings. The van der Waals surface area contributed by atoms with Crippen LogP contribution in [-0.2, 0) is 0 Å². The van der Waals surface area contributed by atoms with Gasteiger partial charge in [-0.15, -0.1) is 0 Å². The second kappa shape index (κ2) is 5.31. The van der Waals surface area contributed by atoms with Gasteiger partial charge in [0.2, 0.25) is 0 Å². The molecule has 1 heterocycles. The number of unbranched alkanes of at least 4 members (excludes halogenated alkanes) is 1. The second-order valence-corrected chi connectivity index (χ2v) is 4.11. The number of rotatable bonds is 4. The Morgan fingerprint density at radius 3 is 3.00 bits per heavy atom. The highest BCUT2D eigenvalue weighted by Gasteiger charge is 2.09. The molecule has 0 saturated heterocycles. The summed E-state index contributed by atoms with van der Waals surface area (Å²) in [4.78, 5) is 1.41. The number of thioether (sulfide) groups is 1. The van der Waals surface area contributed by atoms with E-state index >= 15 is 0 Å². The van der Waals surface area contributed by atoms with Gasteiger partial charge in [0.25, 0.3) is 0 Å². The summed E-state index contributed by atoms with van der Waals surface area (Å²) in [5.74, 6) is 0.684. The molecule has 1 radical (unpaired) electrons. The van der Waals surface area contributed by atoms with Crippen molar-refractivity contribution in [1.82, 2.24) is 5.32 Å². The lowest BCUT2D eigenvalue weighted by Gasteiger charge is -2.14. The van der Waals surface area contributed by atoms with Gasteiger partial charge in [-0.05, 0) is 17.7 Å². The molecule has 1 rings (SSSR count). The smallest absolute Gasteiger partial charge is 0.0369 e. The van der Waals surface area contributed by atoms with Crippen LogP contribution in [0.15, 0.2) is 22.7 Å². The summed E-state index contributed by atoms with van der Waals surface area (Å²) < 4.78 is 0. The minimum Gasteiger partial charge on any atom is -0.263 e. The fraction of sp³-hybridized carbons (Fsp3) is 0.600. The molecule has 1 atom stereocenters. The fourth-order valence-corrected chi connectivity index (χ4v) is 1.95. The third-order valence-electron chi connectivity index (χ3n) is 2.03. The molecule has 1 unspecified atom stereocenters. The first kappa shape index (κ1) is 9.72. The average molecular weight is 182 g/mol. The van der Waals surface area contributed by atoms with E-state index in [2.05, 4.69) is 24.6 Å². The van der Waals surface area contributed by atoms with Crippen molar-refractivity contribution in [2.24, 2.45) is 5.92 Å². The van der Waals surface area contributed by atoms with E-state index in [-0.39, 0.29) is 0 Å². The van der Waals surface area contributed by atoms with Gasteiger partial charge in [-0.25, -0.2) is 0 Å². The van der Waals surface area contributed by atoms with E-state index in [4.69, 9.17) is 0 Å². The first-order valence-corrected chi connectivity index (χ1v) is 5.44. The Labute approximate surface area is 79.3 Å². The SMILES string of the molecule is CCCCC(C)C1=C[N]C=CS1. The molecule has 0 amide bonds. The number of nitrogens with zero attached hydrogens (tertiary/aromatic N) is 1. The Hall–Kier alpha value is -0.370. The summed E-state index contributed by atoms with van der Waals surface area (Å²) >= 11 is 1.81. The maximum Gasteiger partial charge on any atom is 0.0369 e. The largest absolute Gasteiger partial charge is 0.263 e. The summed E-state index contributed by atoms with van der Waals surface area (Å²) in [6.07, 6.45) is 7.74. The zero-order chi connectivity index (χ0) is 8.81. The zero-order valence-electron chi connectivity index (χ0n) is 7.79. The number of allylic oxidation sites excluding steroid dienone is 1. The van der Waals surface area contributed by atoms with Crippen LogP contribution < -0.4 is 5.32 Å². The van der Waals surface area contributed by atoms with Crippen molar-refractivity contribution in [3.63, 3.8) is 0 Å². The lowest BCUT2D eigenvalue weighted by Crippen LogP contribution is -2.00. The third-order valence-corrected chi connectivity index (χ3v) is 3.07. The summed E-state index contributed by atoms with van der Waals surface area (Å²) in [6, 6.07) is 0. The molecule has 67 valence electrons. The molecule has 1 aliphatic heterocycles. The van der Waals surface area contributed by atoms with Gasteiger partial charge in [0.15, 0.2) is 0 Å². The van der Waals surface area contributed by atoms with Crippen molar-refractivity contribution >= 4 is 11.8 Å². The Morgan fingerprint density at radius 2 is 2.42 bits per heavy atom. The molecule has 0 aliphatic carbocycles. The molecule has 0 N–H and O–H groups in total. The molecule has 0 aromatic heterocycles. The maximum atomic E-state index is 4.12. The maximum absolute atomic E-state index is 4.12. The van der Waals surface area contributed by atoms with Gasteiger partial charge in [0.1, 0.15) is 0 Å². The Balaban J connectivity index is 2.30. The van der Waals surface area contributed by atoms with Crippen LogP contribution >= 0.6 is 11.8 Å². The predicted molar refractivity (Wildman–Crippen MR) is 55.6 cm³/mol. The van der Waals surface area contributed by atoms with Gasteiger partial charge < -0.3 is 0 Å². The summed E-state index contributed by atoms with van der Waals surface area (Å²) in [7, 11) is 0. The number of hydrogen-bond acceptors (Lipinski definition) is 1. The molecule has 12 heavy (non-hydrogen) atoms. The normalized spacial score (nSPS) is 18.3. The molecule has 1 nitrogen and oxygen atoms in total. The van der Waals surface area contributed by atoms with Gasteiger partial charge in [-0.3, -0.25) is 5.32 Å². The van der Waals surface area contributed by atoms with Crippen LogP contribution in [0.3, 0.4) is 0 Å². The van der Waals surface area contributed by atoms with E-state index in [1.165, 1.54) is 24.2 Å². The number of hydrogen-bond donors (Lipinski definition) is 0. The highest BCUT2D eigenvalue weighted by atomic mass is 32.2. The van der Waals surface area contributed by atoms with E-state index in [9.17, 15) is 0 Å². The molecule has 0 bridgehead atoms. The summed E-state index contributed by atoms with van der Waals surface area (Å²) in [5.41, 5.74) is 0. The van der Waals surface area contributed by atoms with Crippen molar-refractivity contribution < 1.29 is 0 Å². The highest BCUT2D eigenvalue weighted by Crippen LogP contribution is 2.29. The van der Waals surface area contributed by atoms with Gasteiger partial charge in [0, 0.05) is 17.3 Å². The van der Waals surface area contributed by atoms with Gasteiger partial charge >= 0.3 is 0 Å². The van der Waals surface area contributed by atoms with E-state index in [1.54, 1.807) is 0 Å². The average Bonchev–Trinajstić information content (AvgIpc) is 2.15. The first-order chi connectivity index (χ1) is 5.84. The van der Waals surface area contributed by atoms with Gasteiger partial charge in [-0.2, -0.15) is 0 Å². The predicted octanol–water partition coefficient (Wildman–Crippen LogP) is 3.48. The highest BCUT2D eigenvalue weighted by molar-refractivity contribution is 8.05. The fourth-order valence-electron chi connectivity index (χ4n) is 1.19. The van der Waals surface area contributed by atoms with E-state index in [0.29, 0.717) is 5.92 Å². The Bertz CT molecular complexity index is 184. The Morgan fingerprint density at radius 1 is 1.58 bits per heavy atom. The van der Waals surface area contributed by atoms with E-state index in [1.807, 2.05) is 24.2 Å². The minimum atomic E-state index is 0.684. The molecular formula is C10H16NS. The lowest BCUT2D eigenvalue weighted by molar-refractivity contribution is 0.589. The topological polar surface area (TPSA) is 14.1 Å². The molecular weight excluding hydrogens is 166 g/mol. The molecule has 2 heteroatoms. The van der Waals surface area contributed by atoms with Gasteiger partial charge in [0.05, 0.1) is 0 Å². The molecule has 0 aromatic rings. The van der Waals surface area contributed by atoms with Crippen LogP contribution in [0.1, 0.15) is 33.1 Å². The van der Waals surface area contributed by atoms with Crippen LogP contribution in [0.4, 0.5) is 0 Å². The molecule has 0 aromatic carbocycles. The van der Waals surface area contributed by atoms with Crippen molar-refractivity contribution in [3.8, 4) is 0 Å². The zero-order valence-corrected chi connectivity index (χ0v) is 8.60. The van der Waals surface area contributed by atoms with E-state index in [0.717, 1.165) is 0 Å². The van der Waals surface area contributed by atoms with Crippen LogP contribution in [0.25, 0.3) is 0 Å². The van der Waals surface area contributed by atoms with Gasteiger partial charge in [-0.1, -0.05) is 38.5 Å². The summed E-state index contributed by atoms with van der Waals surface area (Å²) in [6.45, 7) is 4.52. The van der Waals surface area contributed by atoms with Crippen LogP contribution in [0.5, 0.6) is 0 Å². The molecule has 1 aliphatic rings. The quantitative estimate of drug-likeness (QED) is 0.649. The Kier molecular flexibility index (Phi) is 4.30. The second-order valence-electron chi connectivity index (χ2n) is 3.13. The van der Waals surface area contributed by atoms with Crippen molar-refractivity contribution in [2.75, 3.05) is 0 Å². The van der Waals surface area contributed by atoms with Crippen molar-refractivity contribution in [3.05, 3.63) is 22.7 Å². The standard InChI is InChI=1S/C10H16NS/c1-3-4-5-9(2)10-8-11-6-7-12-10/h6-9H,3-5H2,1-2H3. The summed E-state index contributed by atoms with van der Waals surface area (Å²) in [5, 5.41) is 6.18. The third kappa shape index (κ3) is 2.94. The van der Waals surface area contributed by atoms with E-state index < -0.39 is 0 Å². The van der Waals surface area contributed by atoms with Crippen LogP contribution in [-0.4, -0.2) is 0 Å². The molecule has 0 saturated carbocycles. The van der Waals surface area contributed by atoms with Crippen molar-refractivity contribution in [2.45, 2.75) is 33.1 Å².